The van der Waals surface area contributed by atoms with Crippen molar-refractivity contribution in [1.82, 2.24) is 9.13 Å². The third-order valence-corrected chi connectivity index (χ3v) is 3.05. The first kappa shape index (κ1) is 13.6. The minimum atomic E-state index is -0.654. The highest BCUT2D eigenvalue weighted by atomic mass is 16.3. The highest BCUT2D eigenvalue weighted by Crippen LogP contribution is 2.15. The van der Waals surface area contributed by atoms with Gasteiger partial charge in [-0.1, -0.05) is 30.3 Å². The highest BCUT2D eigenvalue weighted by Gasteiger charge is 2.21. The molecule has 0 atom stereocenters. The lowest BCUT2D eigenvalue weighted by molar-refractivity contribution is 0.410. The van der Waals surface area contributed by atoms with E-state index in [2.05, 4.69) is 5.10 Å². The fraction of sp³-hybridized carbons (Fsp3) is 0.154. The van der Waals surface area contributed by atoms with E-state index in [4.69, 9.17) is 5.84 Å². The van der Waals surface area contributed by atoms with Crippen LogP contribution < -0.4 is 17.1 Å². The van der Waals surface area contributed by atoms with Crippen molar-refractivity contribution in [2.45, 2.75) is 0 Å². The van der Waals surface area contributed by atoms with Gasteiger partial charge in [0.05, 0.1) is 0 Å². The van der Waals surface area contributed by atoms with Gasteiger partial charge in [0.2, 0.25) is 5.88 Å². The molecule has 7 heteroatoms. The van der Waals surface area contributed by atoms with Crippen LogP contribution >= 0.6 is 0 Å². The Kier molecular flexibility index (Phi) is 3.43. The van der Waals surface area contributed by atoms with Gasteiger partial charge in [-0.15, -0.1) is 0 Å². The van der Waals surface area contributed by atoms with Crippen molar-refractivity contribution < 1.29 is 5.11 Å². The number of rotatable bonds is 2. The first-order valence-electron chi connectivity index (χ1n) is 5.81. The zero-order valence-corrected chi connectivity index (χ0v) is 11.1. The van der Waals surface area contributed by atoms with Gasteiger partial charge in [0.1, 0.15) is 11.3 Å². The molecule has 0 radical (unpaired) electrons. The molecule has 104 valence electrons. The Morgan fingerprint density at radius 1 is 1.15 bits per heavy atom. The molecule has 1 heterocycles. The molecule has 0 saturated carbocycles. The van der Waals surface area contributed by atoms with Crippen LogP contribution in [0.1, 0.15) is 11.1 Å². The van der Waals surface area contributed by atoms with Gasteiger partial charge in [-0.25, -0.2) is 4.79 Å². The number of aromatic hydroxyl groups is 1. The quantitative estimate of drug-likeness (QED) is 0.438. The molecular formula is C13H14N4O3. The molecule has 0 fully saturated rings. The first-order chi connectivity index (χ1) is 9.49. The first-order valence-corrected chi connectivity index (χ1v) is 5.81. The number of hydrogen-bond acceptors (Lipinski definition) is 5. The Hall–Kier alpha value is -2.83. The molecule has 2 aromatic rings. The third kappa shape index (κ3) is 1.99. The smallest absolute Gasteiger partial charge is 0.333 e. The zero-order chi connectivity index (χ0) is 14.9. The summed E-state index contributed by atoms with van der Waals surface area (Å²) in [5.41, 5.74) is -0.692. The number of aromatic nitrogens is 2. The van der Waals surface area contributed by atoms with Gasteiger partial charge in [0, 0.05) is 19.7 Å². The lowest BCUT2D eigenvalue weighted by atomic mass is 10.0. The second kappa shape index (κ2) is 5.04. The number of hydrogen-bond donors (Lipinski definition) is 2. The number of hydrazone groups is 1. The van der Waals surface area contributed by atoms with E-state index in [0.717, 1.165) is 9.13 Å². The summed E-state index contributed by atoms with van der Waals surface area (Å²) in [5, 5.41) is 13.6. The van der Waals surface area contributed by atoms with E-state index in [0.29, 0.717) is 5.56 Å². The van der Waals surface area contributed by atoms with Gasteiger partial charge in [-0.3, -0.25) is 13.9 Å². The molecule has 20 heavy (non-hydrogen) atoms. The summed E-state index contributed by atoms with van der Waals surface area (Å²) in [6, 6.07) is 8.72. The van der Waals surface area contributed by atoms with E-state index in [1.807, 2.05) is 0 Å². The molecule has 0 aliphatic carbocycles. The average molecular weight is 274 g/mol. The molecule has 0 amide bonds. The Bertz CT molecular complexity index is 788. The van der Waals surface area contributed by atoms with Crippen LogP contribution in [0.5, 0.6) is 5.88 Å². The predicted octanol–water partition coefficient (Wildman–Crippen LogP) is -0.499. The van der Waals surface area contributed by atoms with Gasteiger partial charge in [-0.05, 0) is 0 Å². The Morgan fingerprint density at radius 2 is 1.75 bits per heavy atom. The summed E-state index contributed by atoms with van der Waals surface area (Å²) in [5.74, 6) is 4.89. The van der Waals surface area contributed by atoms with Crippen LogP contribution in [0.4, 0.5) is 0 Å². The molecule has 2 rings (SSSR count). The molecule has 7 nitrogen and oxygen atoms in total. The molecule has 0 aliphatic rings. The van der Waals surface area contributed by atoms with Gasteiger partial charge >= 0.3 is 5.69 Å². The van der Waals surface area contributed by atoms with Crippen molar-refractivity contribution in [1.29, 1.82) is 0 Å². The Morgan fingerprint density at radius 3 is 2.30 bits per heavy atom. The van der Waals surface area contributed by atoms with Crippen LogP contribution in [0.25, 0.3) is 0 Å². The van der Waals surface area contributed by atoms with Crippen LogP contribution in [0.2, 0.25) is 0 Å². The van der Waals surface area contributed by atoms with E-state index < -0.39 is 17.1 Å². The summed E-state index contributed by atoms with van der Waals surface area (Å²) >= 11 is 0. The minimum Gasteiger partial charge on any atom is -0.494 e. The molecule has 0 aliphatic heterocycles. The van der Waals surface area contributed by atoms with E-state index in [-0.39, 0.29) is 11.3 Å². The number of nitrogens with two attached hydrogens (primary N) is 1. The second-order valence-electron chi connectivity index (χ2n) is 4.25. The average Bonchev–Trinajstić information content (AvgIpc) is 2.48. The molecule has 0 unspecified atom stereocenters. The SMILES string of the molecule is Cn1c(O)c(C(=NN)c2ccccc2)c(=O)n(C)c1=O. The standard InChI is InChI=1S/C13H14N4O3/c1-16-11(18)9(12(19)17(2)13(16)20)10(15-14)8-6-4-3-5-7-8/h3-7,18H,14H2,1-2H3. The topological polar surface area (TPSA) is 103 Å². The van der Waals surface area contributed by atoms with Crippen molar-refractivity contribution in [2.75, 3.05) is 0 Å². The van der Waals surface area contributed by atoms with Crippen LogP contribution in [-0.4, -0.2) is 20.0 Å². The largest absolute Gasteiger partial charge is 0.494 e. The van der Waals surface area contributed by atoms with E-state index in [1.54, 1.807) is 30.3 Å². The fourth-order valence-electron chi connectivity index (χ4n) is 1.92. The minimum absolute atomic E-state index is 0.108. The van der Waals surface area contributed by atoms with E-state index in [9.17, 15) is 14.7 Å². The van der Waals surface area contributed by atoms with Crippen molar-refractivity contribution in [3.05, 3.63) is 62.3 Å². The molecule has 1 aromatic heterocycles. The molecule has 0 bridgehead atoms. The maximum absolute atomic E-state index is 12.2. The van der Waals surface area contributed by atoms with Crippen LogP contribution in [0.3, 0.4) is 0 Å². The Labute approximate surface area is 114 Å². The summed E-state index contributed by atoms with van der Waals surface area (Å²) in [6.07, 6.45) is 0. The summed E-state index contributed by atoms with van der Waals surface area (Å²) in [6.45, 7) is 0. The third-order valence-electron chi connectivity index (χ3n) is 3.05. The van der Waals surface area contributed by atoms with Crippen LogP contribution in [0, 0.1) is 0 Å². The van der Waals surface area contributed by atoms with Crippen molar-refractivity contribution >= 4 is 5.71 Å². The fourth-order valence-corrected chi connectivity index (χ4v) is 1.92. The van der Waals surface area contributed by atoms with Gasteiger partial charge in [0.15, 0.2) is 0 Å². The Balaban J connectivity index is 2.83. The van der Waals surface area contributed by atoms with Crippen molar-refractivity contribution in [3.8, 4) is 5.88 Å². The predicted molar refractivity (Wildman–Crippen MR) is 74.9 cm³/mol. The van der Waals surface area contributed by atoms with Gasteiger partial charge in [0.25, 0.3) is 5.56 Å². The van der Waals surface area contributed by atoms with E-state index in [1.165, 1.54) is 14.1 Å². The second-order valence-corrected chi connectivity index (χ2v) is 4.25. The van der Waals surface area contributed by atoms with Crippen LogP contribution in [0.15, 0.2) is 45.0 Å². The monoisotopic (exact) mass is 274 g/mol. The van der Waals surface area contributed by atoms with E-state index >= 15 is 0 Å². The summed E-state index contributed by atoms with van der Waals surface area (Å²) in [4.78, 5) is 23.9. The van der Waals surface area contributed by atoms with Crippen LogP contribution in [-0.2, 0) is 14.1 Å². The molecular weight excluding hydrogens is 260 g/mol. The zero-order valence-electron chi connectivity index (χ0n) is 11.1. The maximum atomic E-state index is 12.2. The normalized spacial score (nSPS) is 11.6. The molecule has 1 aromatic carbocycles. The van der Waals surface area contributed by atoms with Crippen molar-refractivity contribution in [3.63, 3.8) is 0 Å². The van der Waals surface area contributed by atoms with Gasteiger partial charge in [-0.2, -0.15) is 5.10 Å². The highest BCUT2D eigenvalue weighted by molar-refractivity contribution is 6.13. The number of nitrogens with zero attached hydrogens (tertiary/aromatic N) is 3. The lowest BCUT2D eigenvalue weighted by Crippen LogP contribution is -2.40. The molecule has 3 N–H and O–H groups in total. The summed E-state index contributed by atoms with van der Waals surface area (Å²) in [7, 11) is 2.69. The maximum Gasteiger partial charge on any atom is 0.333 e. The molecule has 0 saturated heterocycles. The lowest BCUT2D eigenvalue weighted by Gasteiger charge is -2.11. The molecule has 0 spiro atoms. The van der Waals surface area contributed by atoms with Crippen molar-refractivity contribution in [2.24, 2.45) is 25.0 Å². The van der Waals surface area contributed by atoms with Gasteiger partial charge < -0.3 is 10.9 Å². The summed E-state index contributed by atoms with van der Waals surface area (Å²) < 4.78 is 1.86. The number of benzene rings is 1.